The first kappa shape index (κ1) is 12.1. The summed E-state index contributed by atoms with van der Waals surface area (Å²) in [6, 6.07) is 0.809. The van der Waals surface area contributed by atoms with Gasteiger partial charge in [0.05, 0.1) is 0 Å². The lowest BCUT2D eigenvalue weighted by Gasteiger charge is -2.32. The van der Waals surface area contributed by atoms with Crippen molar-refractivity contribution in [3.8, 4) is 0 Å². The van der Waals surface area contributed by atoms with Crippen LogP contribution in [0.5, 0.6) is 0 Å². The van der Waals surface area contributed by atoms with Crippen molar-refractivity contribution in [3.05, 3.63) is 17.7 Å². The van der Waals surface area contributed by atoms with Crippen LogP contribution in [-0.4, -0.2) is 18.1 Å². The molecule has 0 amide bonds. The van der Waals surface area contributed by atoms with Crippen LogP contribution in [0.4, 0.5) is 20.4 Å². The van der Waals surface area contributed by atoms with Crippen molar-refractivity contribution in [3.63, 3.8) is 0 Å². The molecule has 1 saturated heterocycles. The van der Waals surface area contributed by atoms with Crippen LogP contribution >= 0.6 is 0 Å². The zero-order valence-electron chi connectivity index (χ0n) is 9.92. The molecule has 5 heteroatoms. The average molecular weight is 241 g/mol. The number of hydrogen-bond acceptors (Lipinski definition) is 3. The highest BCUT2D eigenvalue weighted by Gasteiger charge is 2.22. The second-order valence-electron chi connectivity index (χ2n) is 4.50. The van der Waals surface area contributed by atoms with E-state index in [1.165, 1.54) is 0 Å². The summed E-state index contributed by atoms with van der Waals surface area (Å²) in [6.45, 7) is 3.68. The molecule has 1 aliphatic heterocycles. The zero-order valence-corrected chi connectivity index (χ0v) is 9.92. The zero-order chi connectivity index (χ0) is 12.4. The molecule has 94 valence electrons. The number of piperidine rings is 1. The topological polar surface area (TPSA) is 42.2 Å². The lowest BCUT2D eigenvalue weighted by molar-refractivity contribution is 0.390. The van der Waals surface area contributed by atoms with E-state index >= 15 is 0 Å². The summed E-state index contributed by atoms with van der Waals surface area (Å²) >= 11 is 0. The third-order valence-electron chi connectivity index (χ3n) is 3.43. The Balaban J connectivity index is 2.16. The van der Waals surface area contributed by atoms with Gasteiger partial charge in [-0.15, -0.1) is 0 Å². The molecule has 2 rings (SSSR count). The third kappa shape index (κ3) is 2.48. The predicted molar refractivity (Wildman–Crippen MR) is 63.8 cm³/mol. The van der Waals surface area contributed by atoms with Gasteiger partial charge in [-0.3, -0.25) is 0 Å². The van der Waals surface area contributed by atoms with Gasteiger partial charge in [-0.05, 0) is 18.8 Å². The predicted octanol–water partition coefficient (Wildman–Crippen LogP) is 2.57. The van der Waals surface area contributed by atoms with E-state index in [-0.39, 0.29) is 11.6 Å². The number of pyridine rings is 1. The first-order valence-corrected chi connectivity index (χ1v) is 5.98. The van der Waals surface area contributed by atoms with Gasteiger partial charge in [0.25, 0.3) is 0 Å². The Morgan fingerprint density at radius 1 is 1.35 bits per heavy atom. The minimum atomic E-state index is -0.797. The van der Waals surface area contributed by atoms with Crippen LogP contribution in [0.1, 0.15) is 26.2 Å². The monoisotopic (exact) mass is 241 g/mol. The van der Waals surface area contributed by atoms with E-state index in [4.69, 9.17) is 5.73 Å². The highest BCUT2D eigenvalue weighted by Crippen LogP contribution is 2.26. The van der Waals surface area contributed by atoms with E-state index in [0.717, 1.165) is 38.4 Å². The molecule has 3 nitrogen and oxygen atoms in total. The van der Waals surface area contributed by atoms with Crippen LogP contribution in [0.25, 0.3) is 0 Å². The number of anilines is 2. The maximum Gasteiger partial charge on any atom is 0.168 e. The van der Waals surface area contributed by atoms with E-state index in [1.54, 1.807) is 0 Å². The van der Waals surface area contributed by atoms with Crippen molar-refractivity contribution in [1.29, 1.82) is 0 Å². The van der Waals surface area contributed by atoms with Gasteiger partial charge in [0.2, 0.25) is 0 Å². The van der Waals surface area contributed by atoms with Gasteiger partial charge in [-0.1, -0.05) is 13.3 Å². The van der Waals surface area contributed by atoms with Crippen molar-refractivity contribution in [2.45, 2.75) is 26.2 Å². The fourth-order valence-electron chi connectivity index (χ4n) is 2.25. The summed E-state index contributed by atoms with van der Waals surface area (Å²) in [7, 11) is 0. The lowest BCUT2D eigenvalue weighted by atomic mass is 9.94. The second kappa shape index (κ2) is 4.85. The van der Waals surface area contributed by atoms with E-state index < -0.39 is 11.6 Å². The van der Waals surface area contributed by atoms with Crippen LogP contribution in [0.3, 0.4) is 0 Å². The Morgan fingerprint density at radius 3 is 2.59 bits per heavy atom. The van der Waals surface area contributed by atoms with Crippen molar-refractivity contribution in [2.24, 2.45) is 5.92 Å². The van der Waals surface area contributed by atoms with Crippen LogP contribution < -0.4 is 10.6 Å². The maximum absolute atomic E-state index is 13.6. The molecular weight excluding hydrogens is 224 g/mol. The van der Waals surface area contributed by atoms with Gasteiger partial charge in [-0.25, -0.2) is 13.8 Å². The molecule has 0 aromatic carbocycles. The molecule has 1 aliphatic rings. The van der Waals surface area contributed by atoms with Gasteiger partial charge < -0.3 is 10.6 Å². The number of aromatic nitrogens is 1. The molecule has 0 saturated carbocycles. The highest BCUT2D eigenvalue weighted by atomic mass is 19.1. The second-order valence-corrected chi connectivity index (χ2v) is 4.50. The fourth-order valence-corrected chi connectivity index (χ4v) is 2.25. The van der Waals surface area contributed by atoms with E-state index in [1.807, 2.05) is 4.90 Å². The number of nitrogens with zero attached hydrogens (tertiary/aromatic N) is 2. The van der Waals surface area contributed by atoms with Crippen molar-refractivity contribution in [1.82, 2.24) is 4.98 Å². The lowest BCUT2D eigenvalue weighted by Crippen LogP contribution is -2.34. The first-order valence-electron chi connectivity index (χ1n) is 5.98. The summed E-state index contributed by atoms with van der Waals surface area (Å²) in [5, 5.41) is 0. The Bertz CT molecular complexity index is 401. The van der Waals surface area contributed by atoms with Crippen LogP contribution in [-0.2, 0) is 0 Å². The molecule has 1 fully saturated rings. The molecule has 2 heterocycles. The summed E-state index contributed by atoms with van der Waals surface area (Å²) in [6.07, 6.45) is 3.19. The minimum absolute atomic E-state index is 0.179. The molecule has 0 spiro atoms. The molecule has 0 unspecified atom stereocenters. The maximum atomic E-state index is 13.6. The minimum Gasteiger partial charge on any atom is -0.381 e. The van der Waals surface area contributed by atoms with E-state index in [9.17, 15) is 8.78 Å². The van der Waals surface area contributed by atoms with Crippen LogP contribution in [0, 0.1) is 17.6 Å². The Morgan fingerprint density at radius 2 is 2.00 bits per heavy atom. The highest BCUT2D eigenvalue weighted by molar-refractivity contribution is 5.47. The number of halogens is 2. The summed E-state index contributed by atoms with van der Waals surface area (Å²) < 4.78 is 26.6. The molecular formula is C12H17F2N3. The van der Waals surface area contributed by atoms with Crippen molar-refractivity contribution < 1.29 is 8.78 Å². The quantitative estimate of drug-likeness (QED) is 0.865. The fraction of sp³-hybridized carbons (Fsp3) is 0.583. The normalized spacial score (nSPS) is 17.5. The van der Waals surface area contributed by atoms with Gasteiger partial charge in [-0.2, -0.15) is 0 Å². The Kier molecular flexibility index (Phi) is 3.45. The van der Waals surface area contributed by atoms with Crippen molar-refractivity contribution >= 4 is 11.6 Å². The SMILES string of the molecule is CCC1CCN(c2nc(N)c(F)cc2F)CC1. The standard InChI is InChI=1S/C12H17F2N3/c1-2-8-3-5-17(6-4-8)12-10(14)7-9(13)11(15)16-12/h7-8H,2-6H2,1H3,(H2,15,16). The summed E-state index contributed by atoms with van der Waals surface area (Å²) in [5.74, 6) is -0.786. The van der Waals surface area contributed by atoms with Gasteiger partial charge in [0.1, 0.15) is 0 Å². The summed E-state index contributed by atoms with van der Waals surface area (Å²) in [5.41, 5.74) is 5.37. The molecule has 1 aromatic heterocycles. The third-order valence-corrected chi connectivity index (χ3v) is 3.43. The molecule has 17 heavy (non-hydrogen) atoms. The van der Waals surface area contributed by atoms with E-state index in [2.05, 4.69) is 11.9 Å². The Hall–Kier alpha value is -1.39. The summed E-state index contributed by atoms with van der Waals surface area (Å²) in [4.78, 5) is 5.65. The van der Waals surface area contributed by atoms with Gasteiger partial charge in [0.15, 0.2) is 23.3 Å². The van der Waals surface area contributed by atoms with Crippen molar-refractivity contribution in [2.75, 3.05) is 23.7 Å². The van der Waals surface area contributed by atoms with Crippen LogP contribution in [0.2, 0.25) is 0 Å². The smallest absolute Gasteiger partial charge is 0.168 e. The van der Waals surface area contributed by atoms with E-state index in [0.29, 0.717) is 5.92 Å². The van der Waals surface area contributed by atoms with Gasteiger partial charge >= 0.3 is 0 Å². The average Bonchev–Trinajstić information content (AvgIpc) is 2.34. The molecule has 0 atom stereocenters. The largest absolute Gasteiger partial charge is 0.381 e. The van der Waals surface area contributed by atoms with Crippen LogP contribution in [0.15, 0.2) is 6.07 Å². The number of nitrogens with two attached hydrogens (primary N) is 1. The number of rotatable bonds is 2. The molecule has 0 aliphatic carbocycles. The molecule has 0 bridgehead atoms. The first-order chi connectivity index (χ1) is 8.11. The number of nitrogen functional groups attached to an aromatic ring is 1. The Labute approximate surface area is 99.6 Å². The molecule has 2 N–H and O–H groups in total. The molecule has 0 radical (unpaired) electrons. The van der Waals surface area contributed by atoms with Gasteiger partial charge in [0, 0.05) is 19.2 Å². The molecule has 1 aromatic rings. The number of hydrogen-bond donors (Lipinski definition) is 1.